The van der Waals surface area contributed by atoms with E-state index in [4.69, 9.17) is 14.7 Å². The molecular weight excluding hydrogens is 547 g/mol. The average molecular weight is 582 g/mol. The Labute approximate surface area is 241 Å². The van der Waals surface area contributed by atoms with Crippen molar-refractivity contribution in [2.75, 3.05) is 51.3 Å². The molecule has 3 aliphatic rings. The van der Waals surface area contributed by atoms with Crippen molar-refractivity contribution in [3.63, 3.8) is 0 Å². The van der Waals surface area contributed by atoms with Crippen LogP contribution >= 0.6 is 0 Å². The number of anilines is 1. The van der Waals surface area contributed by atoms with Gasteiger partial charge in [-0.05, 0) is 80.9 Å². The first-order chi connectivity index (χ1) is 20.2. The molecule has 12 heteroatoms. The molecule has 1 spiro atoms. The SMILES string of the molecule is Cc1ccc2[nH]ncc2c1-c1cc2nc(OCC3CCCN3C)nc(N3CCC4(CC3)CNC4)c2cc1OC(F)(F)F. The molecule has 9 nitrogen and oxygen atoms in total. The third-order valence-corrected chi connectivity index (χ3v) is 9.28. The van der Waals surface area contributed by atoms with Gasteiger partial charge in [0.25, 0.3) is 0 Å². The molecule has 2 N–H and O–H groups in total. The third kappa shape index (κ3) is 5.00. The zero-order chi connectivity index (χ0) is 29.1. The van der Waals surface area contributed by atoms with Crippen LogP contribution in [0.25, 0.3) is 32.9 Å². The van der Waals surface area contributed by atoms with Gasteiger partial charge in [0, 0.05) is 48.6 Å². The second-order valence-electron chi connectivity index (χ2n) is 12.0. The van der Waals surface area contributed by atoms with Gasteiger partial charge in [-0.1, -0.05) is 6.07 Å². The number of likely N-dealkylation sites (tertiary alicyclic amines) is 1. The molecule has 0 amide bonds. The van der Waals surface area contributed by atoms with Gasteiger partial charge in [0.2, 0.25) is 0 Å². The molecule has 0 aliphatic carbocycles. The number of nitrogens with one attached hydrogen (secondary N) is 2. The van der Waals surface area contributed by atoms with Crippen molar-refractivity contribution in [3.8, 4) is 22.9 Å². The van der Waals surface area contributed by atoms with Gasteiger partial charge in [-0.3, -0.25) is 5.10 Å². The zero-order valence-electron chi connectivity index (χ0n) is 23.7. The summed E-state index contributed by atoms with van der Waals surface area (Å²) in [4.78, 5) is 14.0. The molecule has 0 radical (unpaired) electrons. The summed E-state index contributed by atoms with van der Waals surface area (Å²) in [5.74, 6) is 0.281. The van der Waals surface area contributed by atoms with Crippen LogP contribution in [0.3, 0.4) is 0 Å². The number of ether oxygens (including phenoxy) is 2. The molecule has 42 heavy (non-hydrogen) atoms. The molecular formula is C30H34F3N7O2. The van der Waals surface area contributed by atoms with E-state index < -0.39 is 6.36 Å². The Bertz CT molecular complexity index is 1620. The molecule has 1 unspecified atom stereocenters. The molecule has 3 aliphatic heterocycles. The minimum Gasteiger partial charge on any atom is -0.462 e. The van der Waals surface area contributed by atoms with Crippen LogP contribution in [0.15, 0.2) is 30.5 Å². The number of likely N-dealkylation sites (N-methyl/N-ethyl adjacent to an activating group) is 1. The Morgan fingerprint density at radius 1 is 1.07 bits per heavy atom. The van der Waals surface area contributed by atoms with Crippen molar-refractivity contribution in [3.05, 3.63) is 36.0 Å². The van der Waals surface area contributed by atoms with Crippen LogP contribution < -0.4 is 19.7 Å². The van der Waals surface area contributed by atoms with E-state index in [2.05, 4.69) is 37.1 Å². The van der Waals surface area contributed by atoms with Gasteiger partial charge in [-0.25, -0.2) is 0 Å². The molecule has 4 aromatic rings. The lowest BCUT2D eigenvalue weighted by molar-refractivity contribution is -0.274. The Morgan fingerprint density at radius 2 is 1.88 bits per heavy atom. The van der Waals surface area contributed by atoms with Crippen molar-refractivity contribution in [2.24, 2.45) is 5.41 Å². The van der Waals surface area contributed by atoms with Crippen LogP contribution in [0.5, 0.6) is 11.8 Å². The van der Waals surface area contributed by atoms with Crippen LogP contribution in [-0.2, 0) is 0 Å². The van der Waals surface area contributed by atoms with Gasteiger partial charge in [-0.2, -0.15) is 15.1 Å². The highest BCUT2D eigenvalue weighted by Crippen LogP contribution is 2.44. The van der Waals surface area contributed by atoms with Crippen LogP contribution in [-0.4, -0.2) is 83.8 Å². The quantitative estimate of drug-likeness (QED) is 0.327. The summed E-state index contributed by atoms with van der Waals surface area (Å²) < 4.78 is 52.3. The first-order valence-corrected chi connectivity index (χ1v) is 14.5. The van der Waals surface area contributed by atoms with Crippen LogP contribution in [0.4, 0.5) is 19.0 Å². The maximum atomic E-state index is 13.8. The minimum atomic E-state index is -4.88. The Kier molecular flexibility index (Phi) is 6.65. The Hall–Kier alpha value is -3.64. The summed E-state index contributed by atoms with van der Waals surface area (Å²) in [6.45, 7) is 6.84. The molecule has 7 rings (SSSR count). The van der Waals surface area contributed by atoms with Crippen LogP contribution in [0.1, 0.15) is 31.2 Å². The van der Waals surface area contributed by atoms with E-state index in [9.17, 15) is 13.2 Å². The lowest BCUT2D eigenvalue weighted by atomic mass is 9.73. The lowest BCUT2D eigenvalue weighted by Gasteiger charge is -2.48. The summed E-state index contributed by atoms with van der Waals surface area (Å²) in [5, 5.41) is 11.6. The number of fused-ring (bicyclic) bond motifs is 2. The first-order valence-electron chi connectivity index (χ1n) is 14.5. The fourth-order valence-electron chi connectivity index (χ4n) is 6.70. The molecule has 2 aromatic heterocycles. The van der Waals surface area contributed by atoms with E-state index in [0.717, 1.165) is 69.5 Å². The van der Waals surface area contributed by atoms with Gasteiger partial charge in [-0.15, -0.1) is 13.2 Å². The number of halogens is 3. The Balaban J connectivity index is 1.37. The number of H-pyrrole nitrogens is 1. The number of piperidine rings is 1. The van der Waals surface area contributed by atoms with Crippen LogP contribution in [0.2, 0.25) is 0 Å². The van der Waals surface area contributed by atoms with Gasteiger partial charge in [0.05, 0.1) is 17.2 Å². The van der Waals surface area contributed by atoms with E-state index in [1.54, 1.807) is 12.3 Å². The number of rotatable bonds is 6. The van der Waals surface area contributed by atoms with Gasteiger partial charge >= 0.3 is 12.4 Å². The standard InChI is InChI=1S/C30H34F3N7O2/c1-18-5-6-23-22(14-35-38-23)26(18)21-12-24-20(13-25(21)42-30(31,32)33)27(40-10-7-29(8-11-40)16-34-17-29)37-28(36-24)41-15-19-4-3-9-39(19)2/h5-6,12-14,19,34H,3-4,7-11,15-17H2,1-2H3,(H,35,38). The fourth-order valence-corrected chi connectivity index (χ4v) is 6.70. The van der Waals surface area contributed by atoms with Crippen molar-refractivity contribution >= 4 is 27.6 Å². The van der Waals surface area contributed by atoms with Crippen LogP contribution in [0, 0.1) is 12.3 Å². The summed E-state index contributed by atoms with van der Waals surface area (Å²) >= 11 is 0. The smallest absolute Gasteiger partial charge is 0.462 e. The first kappa shape index (κ1) is 27.2. The molecule has 222 valence electrons. The minimum absolute atomic E-state index is 0.233. The normalized spacial score (nSPS) is 20.9. The lowest BCUT2D eigenvalue weighted by Crippen LogP contribution is -2.58. The number of aryl methyl sites for hydroxylation is 1. The van der Waals surface area contributed by atoms with Crippen molar-refractivity contribution in [1.82, 2.24) is 30.4 Å². The summed E-state index contributed by atoms with van der Waals surface area (Å²) in [5.41, 5.74) is 3.20. The van der Waals surface area contributed by atoms with E-state index in [1.807, 2.05) is 19.1 Å². The van der Waals surface area contributed by atoms with E-state index in [1.165, 1.54) is 6.07 Å². The number of hydrogen-bond acceptors (Lipinski definition) is 8. The number of nitrogens with zero attached hydrogens (tertiary/aromatic N) is 5. The number of aromatic nitrogens is 4. The molecule has 0 bridgehead atoms. The molecule has 3 saturated heterocycles. The number of hydrogen-bond donors (Lipinski definition) is 2. The maximum Gasteiger partial charge on any atom is 0.573 e. The maximum absolute atomic E-state index is 13.8. The topological polar surface area (TPSA) is 91.4 Å². The largest absolute Gasteiger partial charge is 0.573 e. The molecule has 0 saturated carbocycles. The van der Waals surface area contributed by atoms with Gasteiger partial charge < -0.3 is 24.6 Å². The Morgan fingerprint density at radius 3 is 2.57 bits per heavy atom. The van der Waals surface area contributed by atoms with E-state index >= 15 is 0 Å². The van der Waals surface area contributed by atoms with Crippen molar-refractivity contribution in [1.29, 1.82) is 0 Å². The highest BCUT2D eigenvalue weighted by Gasteiger charge is 2.40. The monoisotopic (exact) mass is 581 g/mol. The number of alkyl halides is 3. The highest BCUT2D eigenvalue weighted by atomic mass is 19.4. The number of benzene rings is 2. The second-order valence-corrected chi connectivity index (χ2v) is 12.0. The van der Waals surface area contributed by atoms with Crippen molar-refractivity contribution in [2.45, 2.75) is 45.0 Å². The van der Waals surface area contributed by atoms with Gasteiger partial charge in [0.15, 0.2) is 0 Å². The summed E-state index contributed by atoms with van der Waals surface area (Å²) in [6, 6.07) is 7.33. The van der Waals surface area contributed by atoms with E-state index in [-0.39, 0.29) is 23.4 Å². The van der Waals surface area contributed by atoms with Crippen molar-refractivity contribution < 1.29 is 22.6 Å². The summed E-state index contributed by atoms with van der Waals surface area (Å²) in [7, 11) is 2.08. The van der Waals surface area contributed by atoms with E-state index in [0.29, 0.717) is 39.7 Å². The summed E-state index contributed by atoms with van der Waals surface area (Å²) in [6.07, 6.45) is 0.863. The predicted molar refractivity (Wildman–Crippen MR) is 154 cm³/mol. The number of aromatic amines is 1. The third-order valence-electron chi connectivity index (χ3n) is 9.28. The highest BCUT2D eigenvalue weighted by molar-refractivity contribution is 6.02. The molecule has 2 aromatic carbocycles. The fraction of sp³-hybridized carbons (Fsp3) is 0.500. The second kappa shape index (κ2) is 10.3. The average Bonchev–Trinajstić information content (AvgIpc) is 3.58. The molecule has 5 heterocycles. The molecule has 1 atom stereocenters. The predicted octanol–water partition coefficient (Wildman–Crippen LogP) is 5.04. The molecule has 3 fully saturated rings. The van der Waals surface area contributed by atoms with Gasteiger partial charge in [0.1, 0.15) is 18.2 Å². The zero-order valence-corrected chi connectivity index (χ0v) is 23.7.